The van der Waals surface area contributed by atoms with Crippen LogP contribution in [-0.2, 0) is 0 Å². The maximum atomic E-state index is 13.0. The fourth-order valence-electron chi connectivity index (χ4n) is 3.92. The van der Waals surface area contributed by atoms with E-state index >= 15 is 0 Å². The van der Waals surface area contributed by atoms with Crippen molar-refractivity contribution < 1.29 is 14.3 Å². The van der Waals surface area contributed by atoms with Gasteiger partial charge in [0.1, 0.15) is 16.5 Å². The van der Waals surface area contributed by atoms with Crippen LogP contribution in [0, 0.1) is 20.8 Å². The lowest BCUT2D eigenvalue weighted by molar-refractivity contribution is 0.102. The number of rotatable bonds is 8. The van der Waals surface area contributed by atoms with E-state index in [9.17, 15) is 4.79 Å². The van der Waals surface area contributed by atoms with Gasteiger partial charge < -0.3 is 20.1 Å². The summed E-state index contributed by atoms with van der Waals surface area (Å²) in [4.78, 5) is 23.2. The third-order valence-electron chi connectivity index (χ3n) is 5.46. The molecule has 2 aromatic carbocycles. The molecular formula is C27H28N4O3S. The maximum absolute atomic E-state index is 13.0. The van der Waals surface area contributed by atoms with E-state index in [2.05, 4.69) is 26.7 Å². The molecule has 35 heavy (non-hydrogen) atoms. The van der Waals surface area contributed by atoms with Crippen molar-refractivity contribution in [3.63, 3.8) is 0 Å². The van der Waals surface area contributed by atoms with Crippen LogP contribution in [0.2, 0.25) is 0 Å². The summed E-state index contributed by atoms with van der Waals surface area (Å²) < 4.78 is 11.2. The first kappa shape index (κ1) is 24.2. The van der Waals surface area contributed by atoms with Crippen LogP contribution in [-0.4, -0.2) is 30.1 Å². The standard InChI is InChI=1S/C27H28N4O3S/c1-16-13-17(2)29-27(28-16)30-24(21-15-20(33-4)11-12-23(21)34-5)22-14-18(3)35-26(22)31-25(32)19-9-7-6-8-10-19/h6-15,24H,1-5H3,(H,31,32)(H,28,29,30)/t24-/m0/s1. The van der Waals surface area contributed by atoms with Gasteiger partial charge in [0.25, 0.3) is 5.91 Å². The fourth-order valence-corrected chi connectivity index (χ4v) is 4.86. The highest BCUT2D eigenvalue weighted by Crippen LogP contribution is 2.41. The van der Waals surface area contributed by atoms with Gasteiger partial charge in [-0.2, -0.15) is 0 Å². The average Bonchev–Trinajstić information content (AvgIpc) is 3.21. The highest BCUT2D eigenvalue weighted by atomic mass is 32.1. The Kier molecular flexibility index (Phi) is 7.31. The van der Waals surface area contributed by atoms with Gasteiger partial charge >= 0.3 is 0 Å². The van der Waals surface area contributed by atoms with Crippen LogP contribution in [0.25, 0.3) is 0 Å². The summed E-state index contributed by atoms with van der Waals surface area (Å²) in [5.41, 5.74) is 4.02. The minimum absolute atomic E-state index is 0.173. The molecule has 0 bridgehead atoms. The van der Waals surface area contributed by atoms with E-state index < -0.39 is 6.04 Å². The normalized spacial score (nSPS) is 11.6. The van der Waals surface area contributed by atoms with Gasteiger partial charge in [-0.25, -0.2) is 9.97 Å². The molecule has 2 N–H and O–H groups in total. The van der Waals surface area contributed by atoms with Crippen molar-refractivity contribution in [2.75, 3.05) is 24.9 Å². The zero-order valence-corrected chi connectivity index (χ0v) is 21.2. The zero-order chi connectivity index (χ0) is 24.9. The Labute approximate surface area is 209 Å². The third kappa shape index (κ3) is 5.60. The second kappa shape index (κ2) is 10.6. The molecule has 0 saturated heterocycles. The van der Waals surface area contributed by atoms with E-state index in [0.29, 0.717) is 23.0 Å². The summed E-state index contributed by atoms with van der Waals surface area (Å²) in [6.07, 6.45) is 0. The number of anilines is 2. The number of carbonyl (C=O) groups is 1. The lowest BCUT2D eigenvalue weighted by Gasteiger charge is -2.23. The van der Waals surface area contributed by atoms with Gasteiger partial charge in [-0.3, -0.25) is 4.79 Å². The lowest BCUT2D eigenvalue weighted by Crippen LogP contribution is -2.18. The summed E-state index contributed by atoms with van der Waals surface area (Å²) in [7, 11) is 3.26. The van der Waals surface area contributed by atoms with Gasteiger partial charge in [0.2, 0.25) is 5.95 Å². The molecule has 8 heteroatoms. The minimum Gasteiger partial charge on any atom is -0.497 e. The summed E-state index contributed by atoms with van der Waals surface area (Å²) >= 11 is 1.52. The number of nitrogens with one attached hydrogen (secondary N) is 2. The van der Waals surface area contributed by atoms with Crippen LogP contribution in [0.15, 0.2) is 60.7 Å². The molecule has 4 aromatic rings. The zero-order valence-electron chi connectivity index (χ0n) is 20.4. The molecule has 1 amide bonds. The van der Waals surface area contributed by atoms with E-state index in [4.69, 9.17) is 9.47 Å². The summed E-state index contributed by atoms with van der Waals surface area (Å²) in [6, 6.07) is 18.4. The van der Waals surface area contributed by atoms with Crippen LogP contribution >= 0.6 is 11.3 Å². The third-order valence-corrected chi connectivity index (χ3v) is 6.44. The number of aromatic nitrogens is 2. The first-order chi connectivity index (χ1) is 16.9. The van der Waals surface area contributed by atoms with Crippen LogP contribution in [0.4, 0.5) is 10.9 Å². The molecule has 0 fully saturated rings. The SMILES string of the molecule is COc1ccc(OC)c([C@H](Nc2nc(C)cc(C)n2)c2cc(C)sc2NC(=O)c2ccccc2)c1. The second-order valence-corrected chi connectivity index (χ2v) is 9.38. The smallest absolute Gasteiger partial charge is 0.256 e. The second-order valence-electron chi connectivity index (χ2n) is 8.12. The number of ether oxygens (including phenoxy) is 2. The maximum Gasteiger partial charge on any atom is 0.256 e. The first-order valence-electron chi connectivity index (χ1n) is 11.2. The molecule has 1 atom stereocenters. The number of amides is 1. The highest BCUT2D eigenvalue weighted by molar-refractivity contribution is 7.16. The number of methoxy groups -OCH3 is 2. The van der Waals surface area contributed by atoms with Gasteiger partial charge in [-0.15, -0.1) is 11.3 Å². The largest absolute Gasteiger partial charge is 0.497 e. The summed E-state index contributed by atoms with van der Waals surface area (Å²) in [6.45, 7) is 5.88. The Balaban J connectivity index is 1.82. The van der Waals surface area contributed by atoms with E-state index in [1.807, 2.05) is 63.2 Å². The minimum atomic E-state index is -0.419. The van der Waals surface area contributed by atoms with Crippen molar-refractivity contribution in [1.82, 2.24) is 9.97 Å². The van der Waals surface area contributed by atoms with Crippen molar-refractivity contribution in [3.05, 3.63) is 93.6 Å². The Morgan fingerprint density at radius 1 is 0.886 bits per heavy atom. The molecule has 2 heterocycles. The average molecular weight is 489 g/mol. The number of nitrogens with zero attached hydrogens (tertiary/aromatic N) is 2. The van der Waals surface area contributed by atoms with Gasteiger partial charge in [0.05, 0.1) is 20.3 Å². The van der Waals surface area contributed by atoms with Gasteiger partial charge in [0, 0.05) is 33.0 Å². The number of aryl methyl sites for hydroxylation is 3. The quantitative estimate of drug-likeness (QED) is 0.320. The Hall–Kier alpha value is -3.91. The number of carbonyl (C=O) groups excluding carboxylic acids is 1. The molecule has 7 nitrogen and oxygen atoms in total. The van der Waals surface area contributed by atoms with E-state index in [-0.39, 0.29) is 5.91 Å². The van der Waals surface area contributed by atoms with E-state index in [1.54, 1.807) is 26.4 Å². The Morgan fingerprint density at radius 3 is 2.26 bits per heavy atom. The lowest BCUT2D eigenvalue weighted by atomic mass is 9.98. The van der Waals surface area contributed by atoms with Crippen LogP contribution in [0.5, 0.6) is 11.5 Å². The number of thiophene rings is 1. The van der Waals surface area contributed by atoms with Crippen LogP contribution in [0.1, 0.15) is 43.8 Å². The van der Waals surface area contributed by atoms with Gasteiger partial charge in [0.15, 0.2) is 0 Å². The Bertz CT molecular complexity index is 1320. The molecule has 0 spiro atoms. The highest BCUT2D eigenvalue weighted by Gasteiger charge is 2.26. The molecule has 4 rings (SSSR count). The van der Waals surface area contributed by atoms with Gasteiger partial charge in [-0.1, -0.05) is 18.2 Å². The van der Waals surface area contributed by atoms with Crippen LogP contribution < -0.4 is 20.1 Å². The van der Waals surface area contributed by atoms with Crippen molar-refractivity contribution in [2.24, 2.45) is 0 Å². The van der Waals surface area contributed by atoms with Gasteiger partial charge in [-0.05, 0) is 63.2 Å². The first-order valence-corrected chi connectivity index (χ1v) is 12.0. The molecule has 0 radical (unpaired) electrons. The molecule has 0 aliphatic heterocycles. The summed E-state index contributed by atoms with van der Waals surface area (Å²) in [5, 5.41) is 7.32. The topological polar surface area (TPSA) is 85.4 Å². The van der Waals surface area contributed by atoms with E-state index in [1.165, 1.54) is 11.3 Å². The predicted molar refractivity (Wildman–Crippen MR) is 140 cm³/mol. The number of benzene rings is 2. The van der Waals surface area contributed by atoms with E-state index in [0.717, 1.165) is 32.4 Å². The molecule has 0 unspecified atom stereocenters. The van der Waals surface area contributed by atoms with Crippen molar-refractivity contribution >= 4 is 28.2 Å². The van der Waals surface area contributed by atoms with Crippen LogP contribution in [0.3, 0.4) is 0 Å². The molecular weight excluding hydrogens is 460 g/mol. The molecule has 2 aromatic heterocycles. The predicted octanol–water partition coefficient (Wildman–Crippen LogP) is 5.93. The van der Waals surface area contributed by atoms with Crippen molar-refractivity contribution in [1.29, 1.82) is 0 Å². The summed E-state index contributed by atoms with van der Waals surface area (Å²) in [5.74, 6) is 1.68. The molecule has 0 saturated carbocycles. The Morgan fingerprint density at radius 2 is 1.60 bits per heavy atom. The van der Waals surface area contributed by atoms with Crippen molar-refractivity contribution in [3.8, 4) is 11.5 Å². The number of hydrogen-bond acceptors (Lipinski definition) is 7. The molecule has 180 valence electrons. The fraction of sp³-hybridized carbons (Fsp3) is 0.222. The molecule has 0 aliphatic carbocycles. The monoisotopic (exact) mass is 488 g/mol. The van der Waals surface area contributed by atoms with Crippen molar-refractivity contribution in [2.45, 2.75) is 26.8 Å². The number of hydrogen-bond donors (Lipinski definition) is 2. The molecule has 0 aliphatic rings.